The molecule has 0 atom stereocenters. The molecule has 0 bridgehead atoms. The van der Waals surface area contributed by atoms with E-state index in [-0.39, 0.29) is 28.8 Å². The fraction of sp³-hybridized carbons (Fsp3) is 0.333. The SMILES string of the molecule is C=C(C)CN(CC)C(=O)COc1ccc(Cl)c(C(=O)O)c1. The van der Waals surface area contributed by atoms with Crippen LogP contribution in [-0.4, -0.2) is 41.6 Å². The van der Waals surface area contributed by atoms with Gasteiger partial charge in [0.15, 0.2) is 6.61 Å². The Morgan fingerprint density at radius 2 is 2.10 bits per heavy atom. The fourth-order valence-corrected chi connectivity index (χ4v) is 1.89. The molecule has 0 saturated carbocycles. The summed E-state index contributed by atoms with van der Waals surface area (Å²) in [5, 5.41) is 9.09. The van der Waals surface area contributed by atoms with Crippen molar-refractivity contribution in [2.75, 3.05) is 19.7 Å². The van der Waals surface area contributed by atoms with Crippen LogP contribution < -0.4 is 4.74 Å². The molecule has 1 amide bonds. The summed E-state index contributed by atoms with van der Waals surface area (Å²) in [6, 6.07) is 4.25. The second-order valence-corrected chi connectivity index (χ2v) is 5.01. The predicted molar refractivity (Wildman–Crippen MR) is 81.0 cm³/mol. The lowest BCUT2D eigenvalue weighted by atomic mass is 10.2. The Morgan fingerprint density at radius 3 is 2.62 bits per heavy atom. The van der Waals surface area contributed by atoms with Gasteiger partial charge in [0.2, 0.25) is 0 Å². The average Bonchev–Trinajstić information content (AvgIpc) is 2.42. The summed E-state index contributed by atoms with van der Waals surface area (Å²) < 4.78 is 5.34. The molecule has 0 aliphatic rings. The summed E-state index contributed by atoms with van der Waals surface area (Å²) in [4.78, 5) is 24.6. The summed E-state index contributed by atoms with van der Waals surface area (Å²) in [7, 11) is 0. The van der Waals surface area contributed by atoms with E-state index < -0.39 is 5.97 Å². The van der Waals surface area contributed by atoms with E-state index in [1.807, 2.05) is 13.8 Å². The molecule has 21 heavy (non-hydrogen) atoms. The number of hydrogen-bond acceptors (Lipinski definition) is 3. The third-order valence-corrected chi connectivity index (χ3v) is 3.06. The highest BCUT2D eigenvalue weighted by Crippen LogP contribution is 2.22. The number of nitrogens with zero attached hydrogens (tertiary/aromatic N) is 1. The maximum absolute atomic E-state index is 12.0. The highest BCUT2D eigenvalue weighted by atomic mass is 35.5. The molecule has 5 nitrogen and oxygen atoms in total. The van der Waals surface area contributed by atoms with Gasteiger partial charge in [-0.1, -0.05) is 23.8 Å². The highest BCUT2D eigenvalue weighted by molar-refractivity contribution is 6.33. The Balaban J connectivity index is 2.70. The third kappa shape index (κ3) is 5.11. The monoisotopic (exact) mass is 311 g/mol. The number of rotatable bonds is 7. The van der Waals surface area contributed by atoms with E-state index in [0.29, 0.717) is 13.1 Å². The molecule has 114 valence electrons. The van der Waals surface area contributed by atoms with Crippen molar-refractivity contribution in [3.63, 3.8) is 0 Å². The van der Waals surface area contributed by atoms with Crippen LogP contribution in [0.3, 0.4) is 0 Å². The highest BCUT2D eigenvalue weighted by Gasteiger charge is 2.14. The topological polar surface area (TPSA) is 66.8 Å². The minimum Gasteiger partial charge on any atom is -0.484 e. The molecule has 1 aromatic carbocycles. The van der Waals surface area contributed by atoms with Crippen molar-refractivity contribution in [1.82, 2.24) is 4.90 Å². The Labute approximate surface area is 128 Å². The van der Waals surface area contributed by atoms with Crippen molar-refractivity contribution >= 4 is 23.5 Å². The number of halogens is 1. The van der Waals surface area contributed by atoms with Gasteiger partial charge in [-0.2, -0.15) is 0 Å². The minimum atomic E-state index is -1.14. The zero-order valence-corrected chi connectivity index (χ0v) is 12.8. The van der Waals surface area contributed by atoms with Crippen LogP contribution in [0.25, 0.3) is 0 Å². The van der Waals surface area contributed by atoms with Crippen LogP contribution in [0.2, 0.25) is 5.02 Å². The number of aromatic carboxylic acids is 1. The summed E-state index contributed by atoms with van der Waals surface area (Å²) in [6.45, 7) is 8.34. The maximum Gasteiger partial charge on any atom is 0.337 e. The van der Waals surface area contributed by atoms with Gasteiger partial charge in [0.05, 0.1) is 10.6 Å². The zero-order valence-electron chi connectivity index (χ0n) is 12.1. The summed E-state index contributed by atoms with van der Waals surface area (Å²) in [5.41, 5.74) is 0.820. The van der Waals surface area contributed by atoms with E-state index in [0.717, 1.165) is 5.57 Å². The Bertz CT molecular complexity index is 557. The number of likely N-dealkylation sites (N-methyl/N-ethyl adjacent to an activating group) is 1. The van der Waals surface area contributed by atoms with Gasteiger partial charge in [0.1, 0.15) is 5.75 Å². The molecule has 0 aliphatic heterocycles. The standard InChI is InChI=1S/C15H18ClNO4/c1-4-17(8-10(2)3)14(18)9-21-11-5-6-13(16)12(7-11)15(19)20/h5-7H,2,4,8-9H2,1,3H3,(H,19,20). The smallest absolute Gasteiger partial charge is 0.337 e. The lowest BCUT2D eigenvalue weighted by Gasteiger charge is -2.21. The van der Waals surface area contributed by atoms with Gasteiger partial charge in [0.25, 0.3) is 5.91 Å². The molecule has 0 aromatic heterocycles. The molecule has 1 aromatic rings. The quantitative estimate of drug-likeness (QED) is 0.786. The number of hydrogen-bond donors (Lipinski definition) is 1. The number of amides is 1. The Kier molecular flexibility index (Phi) is 6.24. The number of carbonyl (C=O) groups is 2. The summed E-state index contributed by atoms with van der Waals surface area (Å²) >= 11 is 5.76. The molecular weight excluding hydrogens is 294 g/mol. The first-order valence-electron chi connectivity index (χ1n) is 6.43. The molecule has 0 spiro atoms. The molecule has 1 N–H and O–H groups in total. The molecule has 1 rings (SSSR count). The molecule has 0 aliphatic carbocycles. The van der Waals surface area contributed by atoms with Gasteiger partial charge in [0, 0.05) is 13.1 Å². The maximum atomic E-state index is 12.0. The third-order valence-electron chi connectivity index (χ3n) is 2.73. The van der Waals surface area contributed by atoms with Crippen molar-refractivity contribution in [1.29, 1.82) is 0 Å². The van der Waals surface area contributed by atoms with Crippen LogP contribution in [0, 0.1) is 0 Å². The first-order chi connectivity index (χ1) is 9.85. The normalized spacial score (nSPS) is 10.0. The van der Waals surface area contributed by atoms with Crippen LogP contribution in [0.5, 0.6) is 5.75 Å². The predicted octanol–water partition coefficient (Wildman–Crippen LogP) is 2.84. The van der Waals surface area contributed by atoms with E-state index in [9.17, 15) is 9.59 Å². The van der Waals surface area contributed by atoms with E-state index in [4.69, 9.17) is 21.4 Å². The van der Waals surface area contributed by atoms with Crippen LogP contribution in [-0.2, 0) is 4.79 Å². The first-order valence-corrected chi connectivity index (χ1v) is 6.80. The molecule has 0 fully saturated rings. The van der Waals surface area contributed by atoms with E-state index in [2.05, 4.69) is 6.58 Å². The Morgan fingerprint density at radius 1 is 1.43 bits per heavy atom. The van der Waals surface area contributed by atoms with Gasteiger partial charge in [-0.25, -0.2) is 4.79 Å². The number of ether oxygens (including phenoxy) is 1. The molecule has 0 saturated heterocycles. The van der Waals surface area contributed by atoms with E-state index in [1.165, 1.54) is 18.2 Å². The molecule has 0 radical (unpaired) electrons. The van der Waals surface area contributed by atoms with Gasteiger partial charge in [-0.3, -0.25) is 4.79 Å². The van der Waals surface area contributed by atoms with Crippen molar-refractivity contribution < 1.29 is 19.4 Å². The number of carboxylic acids is 1. The fourth-order valence-electron chi connectivity index (χ4n) is 1.70. The second-order valence-electron chi connectivity index (χ2n) is 4.60. The van der Waals surface area contributed by atoms with Gasteiger partial charge >= 0.3 is 5.97 Å². The molecular formula is C15H18ClNO4. The van der Waals surface area contributed by atoms with Gasteiger partial charge in [-0.15, -0.1) is 0 Å². The van der Waals surface area contributed by atoms with Crippen LogP contribution in [0.4, 0.5) is 0 Å². The lowest BCUT2D eigenvalue weighted by Crippen LogP contribution is -2.35. The molecule has 0 unspecified atom stereocenters. The van der Waals surface area contributed by atoms with Crippen molar-refractivity contribution in [2.45, 2.75) is 13.8 Å². The average molecular weight is 312 g/mol. The number of carboxylic acid groups (broad SMARTS) is 1. The van der Waals surface area contributed by atoms with Crippen LogP contribution in [0.1, 0.15) is 24.2 Å². The van der Waals surface area contributed by atoms with E-state index >= 15 is 0 Å². The largest absolute Gasteiger partial charge is 0.484 e. The van der Waals surface area contributed by atoms with E-state index in [1.54, 1.807) is 4.90 Å². The summed E-state index contributed by atoms with van der Waals surface area (Å²) in [5.74, 6) is -1.04. The Hall–Kier alpha value is -2.01. The second kappa shape index (κ2) is 7.69. The van der Waals surface area contributed by atoms with Gasteiger partial charge < -0.3 is 14.7 Å². The summed E-state index contributed by atoms with van der Waals surface area (Å²) in [6.07, 6.45) is 0. The zero-order chi connectivity index (χ0) is 16.0. The van der Waals surface area contributed by atoms with Crippen LogP contribution >= 0.6 is 11.6 Å². The lowest BCUT2D eigenvalue weighted by molar-refractivity contribution is -0.132. The van der Waals surface area contributed by atoms with Crippen molar-refractivity contribution in [3.8, 4) is 5.75 Å². The first kappa shape index (κ1) is 17.0. The van der Waals surface area contributed by atoms with Crippen molar-refractivity contribution in [3.05, 3.63) is 40.9 Å². The minimum absolute atomic E-state index is 0.0594. The molecule has 0 heterocycles. The van der Waals surface area contributed by atoms with Gasteiger partial charge in [-0.05, 0) is 32.0 Å². The molecule has 6 heteroatoms. The number of benzene rings is 1. The van der Waals surface area contributed by atoms with Crippen molar-refractivity contribution in [2.24, 2.45) is 0 Å². The van der Waals surface area contributed by atoms with Crippen LogP contribution in [0.15, 0.2) is 30.4 Å². The number of carbonyl (C=O) groups excluding carboxylic acids is 1.